The molecule has 0 saturated carbocycles. The van der Waals surface area contributed by atoms with Gasteiger partial charge >= 0.3 is 6.18 Å². The minimum absolute atomic E-state index is 0.0593. The number of aryl methyl sites for hydroxylation is 1. The van der Waals surface area contributed by atoms with Crippen LogP contribution in [0.4, 0.5) is 23.2 Å². The van der Waals surface area contributed by atoms with Crippen LogP contribution in [-0.2, 0) is 6.18 Å². The number of hydrogen-bond acceptors (Lipinski definition) is 1. The fourth-order valence-corrected chi connectivity index (χ4v) is 2.14. The molecule has 2 nitrogen and oxygen atoms in total. The molecule has 7 heteroatoms. The van der Waals surface area contributed by atoms with Gasteiger partial charge in [-0.05, 0) is 42.8 Å². The number of anilines is 1. The Morgan fingerprint density at radius 2 is 1.86 bits per heavy atom. The maximum absolute atomic E-state index is 13.8. The molecule has 2 rings (SSSR count). The first kappa shape index (κ1) is 16.5. The highest BCUT2D eigenvalue weighted by Gasteiger charge is 2.30. The molecule has 1 amide bonds. The molecule has 2 aromatic rings. The van der Waals surface area contributed by atoms with Gasteiger partial charge in [0.05, 0.1) is 11.1 Å². The van der Waals surface area contributed by atoms with E-state index in [0.29, 0.717) is 10.0 Å². The van der Waals surface area contributed by atoms with Crippen LogP contribution in [0.5, 0.6) is 0 Å². The number of rotatable bonds is 2. The third kappa shape index (κ3) is 3.65. The molecule has 0 aliphatic heterocycles. The standard InChI is InChI=1S/C15H10BrF4NO/c1-8-5-13(17)11(7-12(8)16)14(22)21-10-4-2-3-9(6-10)15(18,19)20/h2-7H,1H3,(H,21,22). The van der Waals surface area contributed by atoms with Crippen molar-refractivity contribution < 1.29 is 22.4 Å². The van der Waals surface area contributed by atoms with Crippen molar-refractivity contribution in [2.75, 3.05) is 5.32 Å². The molecule has 116 valence electrons. The number of nitrogens with one attached hydrogen (secondary N) is 1. The van der Waals surface area contributed by atoms with Crippen LogP contribution in [-0.4, -0.2) is 5.91 Å². The van der Waals surface area contributed by atoms with Crippen LogP contribution in [0.25, 0.3) is 0 Å². The predicted octanol–water partition coefficient (Wildman–Crippen LogP) is 5.17. The normalized spacial score (nSPS) is 11.4. The number of benzene rings is 2. The molecule has 0 aromatic heterocycles. The maximum atomic E-state index is 13.8. The van der Waals surface area contributed by atoms with Crippen molar-refractivity contribution in [1.82, 2.24) is 0 Å². The number of amides is 1. The Bertz CT molecular complexity index is 728. The van der Waals surface area contributed by atoms with Gasteiger partial charge in [0.15, 0.2) is 0 Å². The van der Waals surface area contributed by atoms with Crippen molar-refractivity contribution in [3.8, 4) is 0 Å². The zero-order valence-electron chi connectivity index (χ0n) is 11.3. The van der Waals surface area contributed by atoms with Crippen LogP contribution in [0.1, 0.15) is 21.5 Å². The molecule has 0 fully saturated rings. The number of hydrogen-bond donors (Lipinski definition) is 1. The molecule has 0 aliphatic rings. The Morgan fingerprint density at radius 1 is 1.18 bits per heavy atom. The summed E-state index contributed by atoms with van der Waals surface area (Å²) in [7, 11) is 0. The minimum atomic E-state index is -4.52. The van der Waals surface area contributed by atoms with E-state index < -0.39 is 23.5 Å². The quantitative estimate of drug-likeness (QED) is 0.721. The summed E-state index contributed by atoms with van der Waals surface area (Å²) < 4.78 is 52.2. The van der Waals surface area contributed by atoms with Crippen LogP contribution in [0.3, 0.4) is 0 Å². The van der Waals surface area contributed by atoms with Gasteiger partial charge in [-0.3, -0.25) is 4.79 Å². The van der Waals surface area contributed by atoms with Gasteiger partial charge < -0.3 is 5.32 Å². The number of carbonyl (C=O) groups excluding carboxylic acids is 1. The van der Waals surface area contributed by atoms with Crippen molar-refractivity contribution in [3.05, 3.63) is 63.4 Å². The third-order valence-corrected chi connectivity index (χ3v) is 3.80. The Hall–Kier alpha value is -1.89. The predicted molar refractivity (Wildman–Crippen MR) is 78.2 cm³/mol. The van der Waals surface area contributed by atoms with Gasteiger partial charge in [0.1, 0.15) is 5.82 Å². The summed E-state index contributed by atoms with van der Waals surface area (Å²) in [5.41, 5.74) is -0.602. The molecule has 22 heavy (non-hydrogen) atoms. The van der Waals surface area contributed by atoms with E-state index in [-0.39, 0.29) is 11.3 Å². The number of carbonyl (C=O) groups is 1. The van der Waals surface area contributed by atoms with Crippen molar-refractivity contribution in [3.63, 3.8) is 0 Å². The summed E-state index contributed by atoms with van der Waals surface area (Å²) in [6.45, 7) is 1.65. The lowest BCUT2D eigenvalue weighted by atomic mass is 10.1. The summed E-state index contributed by atoms with van der Waals surface area (Å²) in [6, 6.07) is 6.60. The highest BCUT2D eigenvalue weighted by atomic mass is 79.9. The van der Waals surface area contributed by atoms with Gasteiger partial charge in [-0.1, -0.05) is 22.0 Å². The molecule has 0 unspecified atom stereocenters. The molecule has 0 radical (unpaired) electrons. The highest BCUT2D eigenvalue weighted by molar-refractivity contribution is 9.10. The Kier molecular flexibility index (Phi) is 4.55. The topological polar surface area (TPSA) is 29.1 Å². The van der Waals surface area contributed by atoms with Gasteiger partial charge in [0.2, 0.25) is 0 Å². The van der Waals surface area contributed by atoms with E-state index in [1.807, 2.05) is 0 Å². The van der Waals surface area contributed by atoms with Crippen LogP contribution < -0.4 is 5.32 Å². The van der Waals surface area contributed by atoms with Crippen LogP contribution in [0.15, 0.2) is 40.9 Å². The van der Waals surface area contributed by atoms with Crippen LogP contribution in [0.2, 0.25) is 0 Å². The number of halogens is 5. The maximum Gasteiger partial charge on any atom is 0.416 e. The second kappa shape index (κ2) is 6.08. The lowest BCUT2D eigenvalue weighted by Crippen LogP contribution is -2.15. The summed E-state index contributed by atoms with van der Waals surface area (Å²) in [6.07, 6.45) is -4.52. The molecule has 0 aliphatic carbocycles. The summed E-state index contributed by atoms with van der Waals surface area (Å²) in [5.74, 6) is -1.57. The molecular formula is C15H10BrF4NO. The molecule has 1 N–H and O–H groups in total. The van der Waals surface area contributed by atoms with E-state index in [9.17, 15) is 22.4 Å². The fraction of sp³-hybridized carbons (Fsp3) is 0.133. The van der Waals surface area contributed by atoms with Crippen molar-refractivity contribution in [2.24, 2.45) is 0 Å². The van der Waals surface area contributed by atoms with E-state index >= 15 is 0 Å². The summed E-state index contributed by atoms with van der Waals surface area (Å²) in [4.78, 5) is 12.0. The summed E-state index contributed by atoms with van der Waals surface area (Å²) >= 11 is 3.18. The first-order chi connectivity index (χ1) is 10.2. The van der Waals surface area contributed by atoms with Crippen LogP contribution >= 0.6 is 15.9 Å². The van der Waals surface area contributed by atoms with Gasteiger partial charge in [0.25, 0.3) is 5.91 Å². The van der Waals surface area contributed by atoms with Gasteiger partial charge in [-0.25, -0.2) is 4.39 Å². The van der Waals surface area contributed by atoms with E-state index in [1.165, 1.54) is 24.3 Å². The lowest BCUT2D eigenvalue weighted by Gasteiger charge is -2.11. The Morgan fingerprint density at radius 3 is 2.50 bits per heavy atom. The zero-order valence-corrected chi connectivity index (χ0v) is 12.8. The fourth-order valence-electron chi connectivity index (χ4n) is 1.79. The van der Waals surface area contributed by atoms with E-state index in [4.69, 9.17) is 0 Å². The average Bonchev–Trinajstić information content (AvgIpc) is 2.42. The Balaban J connectivity index is 2.28. The smallest absolute Gasteiger partial charge is 0.322 e. The first-order valence-corrected chi connectivity index (χ1v) is 6.92. The van der Waals surface area contributed by atoms with Gasteiger partial charge in [-0.2, -0.15) is 13.2 Å². The lowest BCUT2D eigenvalue weighted by molar-refractivity contribution is -0.137. The van der Waals surface area contributed by atoms with E-state index in [1.54, 1.807) is 6.92 Å². The van der Waals surface area contributed by atoms with Crippen molar-refractivity contribution >= 4 is 27.5 Å². The van der Waals surface area contributed by atoms with E-state index in [2.05, 4.69) is 21.2 Å². The molecule has 2 aromatic carbocycles. The van der Waals surface area contributed by atoms with E-state index in [0.717, 1.165) is 12.1 Å². The summed E-state index contributed by atoms with van der Waals surface area (Å²) in [5, 5.41) is 2.26. The highest BCUT2D eigenvalue weighted by Crippen LogP contribution is 2.31. The Labute approximate surface area is 132 Å². The first-order valence-electron chi connectivity index (χ1n) is 6.13. The molecule has 0 saturated heterocycles. The van der Waals surface area contributed by atoms with Gasteiger partial charge in [-0.15, -0.1) is 0 Å². The molecule has 0 spiro atoms. The van der Waals surface area contributed by atoms with Crippen LogP contribution in [0, 0.1) is 12.7 Å². The average molecular weight is 376 g/mol. The van der Waals surface area contributed by atoms with Crippen molar-refractivity contribution in [1.29, 1.82) is 0 Å². The van der Waals surface area contributed by atoms with Gasteiger partial charge in [0, 0.05) is 10.2 Å². The second-order valence-electron chi connectivity index (χ2n) is 4.61. The molecule has 0 bridgehead atoms. The molecule has 0 atom stereocenters. The third-order valence-electron chi connectivity index (χ3n) is 2.94. The molecule has 0 heterocycles. The monoisotopic (exact) mass is 375 g/mol. The number of alkyl halides is 3. The SMILES string of the molecule is Cc1cc(F)c(C(=O)Nc2cccc(C(F)(F)F)c2)cc1Br. The van der Waals surface area contributed by atoms with Crippen molar-refractivity contribution in [2.45, 2.75) is 13.1 Å². The zero-order chi connectivity index (χ0) is 16.5. The second-order valence-corrected chi connectivity index (χ2v) is 5.47. The minimum Gasteiger partial charge on any atom is -0.322 e. The largest absolute Gasteiger partial charge is 0.416 e. The molecular weight excluding hydrogens is 366 g/mol.